The quantitative estimate of drug-likeness (QED) is 0.741. The molecule has 4 nitrogen and oxygen atoms in total. The Morgan fingerprint density at radius 1 is 1.14 bits per heavy atom. The molecule has 0 radical (unpaired) electrons. The number of primary amides is 1. The van der Waals surface area contributed by atoms with Crippen LogP contribution >= 0.6 is 0 Å². The number of nitriles is 1. The number of carbonyl (C=O) groups is 1. The molecule has 0 unspecified atom stereocenters. The summed E-state index contributed by atoms with van der Waals surface area (Å²) in [6, 6.07) is 10.1. The number of carbonyl (C=O) groups excluding carboxylic acids is 1. The van der Waals surface area contributed by atoms with Crippen molar-refractivity contribution in [1.82, 2.24) is 4.98 Å². The molecule has 2 aromatic carbocycles. The van der Waals surface area contributed by atoms with Crippen LogP contribution in [0.4, 0.5) is 13.2 Å². The summed E-state index contributed by atoms with van der Waals surface area (Å²) < 4.78 is 41.4. The predicted octanol–water partition coefficient (Wildman–Crippen LogP) is 4.04. The lowest BCUT2D eigenvalue weighted by Gasteiger charge is -2.09. The second-order valence-electron chi connectivity index (χ2n) is 6.28. The topological polar surface area (TPSA) is 79.8 Å². The summed E-state index contributed by atoms with van der Waals surface area (Å²) in [5.41, 5.74) is 7.42. The van der Waals surface area contributed by atoms with E-state index in [2.05, 4.69) is 4.98 Å². The van der Waals surface area contributed by atoms with Gasteiger partial charge in [-0.25, -0.2) is 13.2 Å². The first-order chi connectivity index (χ1) is 13.3. The van der Waals surface area contributed by atoms with E-state index in [1.807, 2.05) is 0 Å². The molecule has 7 heteroatoms. The maximum atomic E-state index is 14.2. The second kappa shape index (κ2) is 7.53. The van der Waals surface area contributed by atoms with Crippen molar-refractivity contribution in [2.75, 3.05) is 0 Å². The molecule has 3 rings (SSSR count). The number of nitrogens with two attached hydrogens (primary N) is 1. The van der Waals surface area contributed by atoms with Crippen LogP contribution in [0.1, 0.15) is 32.6 Å². The number of aromatic nitrogens is 1. The lowest BCUT2D eigenvalue weighted by Crippen LogP contribution is -2.12. The predicted molar refractivity (Wildman–Crippen MR) is 96.8 cm³/mol. The van der Waals surface area contributed by atoms with E-state index >= 15 is 0 Å². The molecule has 0 aliphatic rings. The second-order valence-corrected chi connectivity index (χ2v) is 6.28. The number of pyridine rings is 1. The van der Waals surface area contributed by atoms with Gasteiger partial charge in [0.15, 0.2) is 11.6 Å². The molecule has 0 fully saturated rings. The maximum Gasteiger partial charge on any atom is 0.248 e. The van der Waals surface area contributed by atoms with Crippen molar-refractivity contribution in [3.05, 3.63) is 87.9 Å². The molecule has 1 aromatic heterocycles. The van der Waals surface area contributed by atoms with Crippen molar-refractivity contribution in [2.45, 2.75) is 13.3 Å². The Bertz CT molecular complexity index is 1140. The highest BCUT2D eigenvalue weighted by molar-refractivity contribution is 5.94. The molecule has 0 spiro atoms. The van der Waals surface area contributed by atoms with Crippen molar-refractivity contribution < 1.29 is 18.0 Å². The minimum Gasteiger partial charge on any atom is -0.366 e. The van der Waals surface area contributed by atoms with Gasteiger partial charge in [-0.2, -0.15) is 5.26 Å². The fourth-order valence-corrected chi connectivity index (χ4v) is 2.92. The van der Waals surface area contributed by atoms with Crippen molar-refractivity contribution >= 4 is 5.91 Å². The molecular formula is C21H14F3N3O. The van der Waals surface area contributed by atoms with Gasteiger partial charge in [-0.15, -0.1) is 0 Å². The van der Waals surface area contributed by atoms with Gasteiger partial charge in [-0.05, 0) is 53.9 Å². The summed E-state index contributed by atoms with van der Waals surface area (Å²) in [6.45, 7) is 1.72. The Kier molecular flexibility index (Phi) is 5.14. The summed E-state index contributed by atoms with van der Waals surface area (Å²) >= 11 is 0. The monoisotopic (exact) mass is 381 g/mol. The zero-order valence-electron chi connectivity index (χ0n) is 14.8. The van der Waals surface area contributed by atoms with Crippen LogP contribution in [-0.4, -0.2) is 10.9 Å². The van der Waals surface area contributed by atoms with Crippen molar-refractivity contribution in [2.24, 2.45) is 5.73 Å². The number of hydrogen-bond acceptors (Lipinski definition) is 3. The van der Waals surface area contributed by atoms with Gasteiger partial charge in [0.25, 0.3) is 0 Å². The summed E-state index contributed by atoms with van der Waals surface area (Å²) in [5, 5.41) is 8.89. The zero-order chi connectivity index (χ0) is 20.4. The largest absolute Gasteiger partial charge is 0.366 e. The van der Waals surface area contributed by atoms with Crippen LogP contribution in [0.2, 0.25) is 0 Å². The van der Waals surface area contributed by atoms with Crippen molar-refractivity contribution in [3.8, 4) is 17.3 Å². The number of nitrogens with zero attached hydrogens (tertiary/aromatic N) is 2. The number of benzene rings is 2. The van der Waals surface area contributed by atoms with Crippen LogP contribution in [0.15, 0.2) is 42.6 Å². The van der Waals surface area contributed by atoms with E-state index in [1.54, 1.807) is 31.2 Å². The molecule has 0 saturated carbocycles. The van der Waals surface area contributed by atoms with Gasteiger partial charge in [0.05, 0.1) is 17.5 Å². The lowest BCUT2D eigenvalue weighted by atomic mass is 9.99. The molecule has 3 aromatic rings. The first kappa shape index (κ1) is 19.1. The van der Waals surface area contributed by atoms with Gasteiger partial charge in [0, 0.05) is 17.5 Å². The first-order valence-electron chi connectivity index (χ1n) is 8.23. The highest BCUT2D eigenvalue weighted by Gasteiger charge is 2.14. The summed E-state index contributed by atoms with van der Waals surface area (Å²) in [4.78, 5) is 15.4. The van der Waals surface area contributed by atoms with Crippen molar-refractivity contribution in [1.29, 1.82) is 5.26 Å². The van der Waals surface area contributed by atoms with E-state index in [9.17, 15) is 18.0 Å². The third-order valence-corrected chi connectivity index (χ3v) is 4.33. The normalized spacial score (nSPS) is 10.5. The SMILES string of the molecule is Cc1cc(-c2cc(Cc3cc(F)c(F)c(C#N)c3)c(F)cn2)ccc1C(N)=O. The van der Waals surface area contributed by atoms with E-state index in [1.165, 1.54) is 12.1 Å². The van der Waals surface area contributed by atoms with Crippen molar-refractivity contribution in [3.63, 3.8) is 0 Å². The Labute approximate surface area is 159 Å². The smallest absolute Gasteiger partial charge is 0.248 e. The minimum absolute atomic E-state index is 0.0500. The Hall–Kier alpha value is -3.66. The highest BCUT2D eigenvalue weighted by atomic mass is 19.2. The minimum atomic E-state index is -1.23. The molecule has 0 aliphatic heterocycles. The number of rotatable bonds is 4. The van der Waals surface area contributed by atoms with E-state index < -0.39 is 28.9 Å². The Balaban J connectivity index is 1.99. The molecule has 0 bridgehead atoms. The molecule has 1 amide bonds. The first-order valence-corrected chi connectivity index (χ1v) is 8.23. The zero-order valence-corrected chi connectivity index (χ0v) is 14.8. The van der Waals surface area contributed by atoms with Gasteiger partial charge >= 0.3 is 0 Å². The van der Waals surface area contributed by atoms with Gasteiger partial charge in [-0.1, -0.05) is 6.07 Å². The Morgan fingerprint density at radius 2 is 1.89 bits per heavy atom. The third-order valence-electron chi connectivity index (χ3n) is 4.33. The highest BCUT2D eigenvalue weighted by Crippen LogP contribution is 2.24. The molecule has 1 heterocycles. The van der Waals surface area contributed by atoms with Gasteiger partial charge in [0.1, 0.15) is 11.9 Å². The molecule has 28 heavy (non-hydrogen) atoms. The summed E-state index contributed by atoms with van der Waals surface area (Å²) in [7, 11) is 0. The van der Waals surface area contributed by atoms with E-state index in [4.69, 9.17) is 11.0 Å². The fourth-order valence-electron chi connectivity index (χ4n) is 2.92. The lowest BCUT2D eigenvalue weighted by molar-refractivity contribution is 0.0999. The molecule has 0 saturated heterocycles. The molecule has 0 atom stereocenters. The third kappa shape index (κ3) is 3.71. The number of halogens is 3. The molecule has 0 aliphatic carbocycles. The average Bonchev–Trinajstić information content (AvgIpc) is 2.65. The van der Waals surface area contributed by atoms with Gasteiger partial charge < -0.3 is 5.73 Å². The van der Waals surface area contributed by atoms with Crippen LogP contribution in [-0.2, 0) is 6.42 Å². The van der Waals surface area contributed by atoms with Gasteiger partial charge in [-0.3, -0.25) is 9.78 Å². The Morgan fingerprint density at radius 3 is 2.54 bits per heavy atom. The van der Waals surface area contributed by atoms with Crippen LogP contribution in [0, 0.1) is 35.7 Å². The van der Waals surface area contributed by atoms with Crippen LogP contribution in [0.25, 0.3) is 11.3 Å². The van der Waals surface area contributed by atoms with E-state index in [0.29, 0.717) is 22.4 Å². The van der Waals surface area contributed by atoms with Crippen LogP contribution in [0.3, 0.4) is 0 Å². The van der Waals surface area contributed by atoms with E-state index in [0.717, 1.165) is 12.3 Å². The standard InChI is InChI=1S/C21H14F3N3O/c1-11-4-13(2-3-16(11)21(26)28)19-8-14(18(23)10-27-19)5-12-6-15(9-25)20(24)17(22)7-12/h2-4,6-8,10H,5H2,1H3,(H2,26,28). The molecule has 140 valence electrons. The van der Waals surface area contributed by atoms with Gasteiger partial charge in [0.2, 0.25) is 5.91 Å². The van der Waals surface area contributed by atoms with E-state index in [-0.39, 0.29) is 17.5 Å². The number of aryl methyl sites for hydroxylation is 1. The average molecular weight is 381 g/mol. The number of amides is 1. The maximum absolute atomic E-state index is 14.2. The van der Waals surface area contributed by atoms with Crippen LogP contribution < -0.4 is 5.73 Å². The van der Waals surface area contributed by atoms with Crippen LogP contribution in [0.5, 0.6) is 0 Å². The fraction of sp³-hybridized carbons (Fsp3) is 0.0952. The number of hydrogen-bond donors (Lipinski definition) is 1. The molecular weight excluding hydrogens is 367 g/mol. The summed E-state index contributed by atoms with van der Waals surface area (Å²) in [6.07, 6.45) is 0.985. The molecule has 2 N–H and O–H groups in total. The summed E-state index contributed by atoms with van der Waals surface area (Å²) in [5.74, 6) is -3.56.